The molecule has 198 valence electrons. The Bertz CT molecular complexity index is 1800. The van der Waals surface area contributed by atoms with Gasteiger partial charge in [-0.25, -0.2) is 9.79 Å². The summed E-state index contributed by atoms with van der Waals surface area (Å²) in [5, 5.41) is 11.3. The highest BCUT2D eigenvalue weighted by Crippen LogP contribution is 2.35. The average molecular weight is 546 g/mol. The van der Waals surface area contributed by atoms with Crippen molar-refractivity contribution < 1.29 is 23.6 Å². The highest BCUT2D eigenvalue weighted by Gasteiger charge is 2.33. The number of carbonyl (C=O) groups excluding carboxylic acids is 1. The van der Waals surface area contributed by atoms with Crippen molar-refractivity contribution in [2.24, 2.45) is 4.99 Å². The molecule has 0 unspecified atom stereocenters. The number of carbonyl (C=O) groups is 1. The number of esters is 1. The minimum Gasteiger partial charge on any atom is -0.496 e. The molecule has 0 bridgehead atoms. The van der Waals surface area contributed by atoms with Crippen LogP contribution in [0.1, 0.15) is 31.2 Å². The van der Waals surface area contributed by atoms with E-state index < -0.39 is 16.9 Å². The molecule has 11 heteroatoms. The van der Waals surface area contributed by atoms with Gasteiger partial charge in [-0.15, -0.1) is 0 Å². The van der Waals surface area contributed by atoms with Crippen molar-refractivity contribution >= 4 is 29.1 Å². The molecule has 1 atom stereocenters. The van der Waals surface area contributed by atoms with Gasteiger partial charge >= 0.3 is 5.97 Å². The first kappa shape index (κ1) is 25.9. The van der Waals surface area contributed by atoms with Gasteiger partial charge in [-0.1, -0.05) is 41.7 Å². The van der Waals surface area contributed by atoms with E-state index in [1.807, 2.05) is 30.3 Å². The Morgan fingerprint density at radius 3 is 2.67 bits per heavy atom. The summed E-state index contributed by atoms with van der Waals surface area (Å²) in [6.45, 7) is 3.64. The van der Waals surface area contributed by atoms with Gasteiger partial charge in [0, 0.05) is 18.2 Å². The van der Waals surface area contributed by atoms with E-state index in [9.17, 15) is 19.7 Å². The fraction of sp³-hybridized carbons (Fsp3) is 0.179. The number of benzene rings is 2. The summed E-state index contributed by atoms with van der Waals surface area (Å²) in [6.07, 6.45) is 1.59. The lowest BCUT2D eigenvalue weighted by molar-refractivity contribution is -0.384. The number of fused-ring (bicyclic) bond motifs is 1. The van der Waals surface area contributed by atoms with E-state index in [2.05, 4.69) is 4.99 Å². The number of furan rings is 1. The van der Waals surface area contributed by atoms with Crippen LogP contribution in [0, 0.1) is 10.1 Å². The monoisotopic (exact) mass is 545 g/mol. The molecular weight excluding hydrogens is 522 g/mol. The third kappa shape index (κ3) is 4.79. The molecule has 1 aliphatic rings. The van der Waals surface area contributed by atoms with Crippen LogP contribution in [0.5, 0.6) is 5.75 Å². The van der Waals surface area contributed by atoms with Crippen molar-refractivity contribution in [2.75, 3.05) is 13.7 Å². The molecule has 0 amide bonds. The number of nitro groups is 1. The van der Waals surface area contributed by atoms with Crippen molar-refractivity contribution in [3.05, 3.63) is 113 Å². The van der Waals surface area contributed by atoms with E-state index in [-0.39, 0.29) is 17.9 Å². The van der Waals surface area contributed by atoms with Gasteiger partial charge in [-0.05, 0) is 37.6 Å². The molecule has 0 spiro atoms. The Kier molecular flexibility index (Phi) is 6.99. The summed E-state index contributed by atoms with van der Waals surface area (Å²) in [5.41, 5.74) is 1.50. The Morgan fingerprint density at radius 1 is 1.21 bits per heavy atom. The Balaban J connectivity index is 1.62. The predicted octanol–water partition coefficient (Wildman–Crippen LogP) is 3.98. The maximum absolute atomic E-state index is 13.7. The number of allylic oxidation sites excluding steroid dienone is 1. The van der Waals surface area contributed by atoms with Crippen LogP contribution in [0.3, 0.4) is 0 Å². The van der Waals surface area contributed by atoms with Crippen LogP contribution in [-0.2, 0) is 9.53 Å². The zero-order valence-corrected chi connectivity index (χ0v) is 22.1. The van der Waals surface area contributed by atoms with Crippen molar-refractivity contribution in [3.63, 3.8) is 0 Å². The fourth-order valence-corrected chi connectivity index (χ4v) is 5.48. The maximum atomic E-state index is 13.7. The smallest absolute Gasteiger partial charge is 0.338 e. The molecule has 0 N–H and O–H groups in total. The van der Waals surface area contributed by atoms with E-state index in [1.165, 1.54) is 41.2 Å². The lowest BCUT2D eigenvalue weighted by Crippen LogP contribution is -2.39. The second kappa shape index (κ2) is 10.5. The van der Waals surface area contributed by atoms with Gasteiger partial charge in [-0.3, -0.25) is 19.5 Å². The summed E-state index contributed by atoms with van der Waals surface area (Å²) in [6, 6.07) is 16.1. The largest absolute Gasteiger partial charge is 0.496 e. The standard InChI is InChI=1S/C28H23N3O7S/c1-4-37-27(33)24-16(2)29-28-30(25(24)17-8-6-5-7-9-17)26(32)23(39-28)15-19-11-13-22(38-19)20-14-18(31(34)35)10-12-21(20)36-3/h5-15,25H,4H2,1-3H3/t25-/m0/s1. The first-order valence-corrected chi connectivity index (χ1v) is 12.8. The predicted molar refractivity (Wildman–Crippen MR) is 144 cm³/mol. The average Bonchev–Trinajstić information content (AvgIpc) is 3.52. The van der Waals surface area contributed by atoms with E-state index in [0.717, 1.165) is 5.56 Å². The zero-order valence-electron chi connectivity index (χ0n) is 21.2. The van der Waals surface area contributed by atoms with Gasteiger partial charge in [-0.2, -0.15) is 0 Å². The van der Waals surface area contributed by atoms with Gasteiger partial charge in [0.15, 0.2) is 4.80 Å². The zero-order chi connectivity index (χ0) is 27.7. The van der Waals surface area contributed by atoms with Crippen molar-refractivity contribution in [1.29, 1.82) is 0 Å². The molecule has 10 nitrogen and oxygen atoms in total. The molecule has 39 heavy (non-hydrogen) atoms. The second-order valence-electron chi connectivity index (χ2n) is 8.56. The lowest BCUT2D eigenvalue weighted by atomic mass is 9.96. The minimum atomic E-state index is -0.704. The lowest BCUT2D eigenvalue weighted by Gasteiger charge is -2.24. The number of hydrogen-bond donors (Lipinski definition) is 0. The first-order valence-electron chi connectivity index (χ1n) is 12.0. The number of hydrogen-bond acceptors (Lipinski definition) is 9. The Hall–Kier alpha value is -4.77. The normalized spacial score (nSPS) is 15.1. The van der Waals surface area contributed by atoms with Crippen LogP contribution < -0.4 is 19.6 Å². The molecule has 3 heterocycles. The summed E-state index contributed by atoms with van der Waals surface area (Å²) in [7, 11) is 1.46. The number of nitrogens with zero attached hydrogens (tertiary/aromatic N) is 3. The van der Waals surface area contributed by atoms with Gasteiger partial charge < -0.3 is 13.9 Å². The summed E-state index contributed by atoms with van der Waals surface area (Å²) in [4.78, 5) is 42.4. The van der Waals surface area contributed by atoms with Crippen LogP contribution in [-0.4, -0.2) is 29.2 Å². The van der Waals surface area contributed by atoms with E-state index >= 15 is 0 Å². The van der Waals surface area contributed by atoms with Crippen molar-refractivity contribution in [1.82, 2.24) is 4.57 Å². The Morgan fingerprint density at radius 2 is 1.97 bits per heavy atom. The number of aromatic nitrogens is 1. The molecule has 0 radical (unpaired) electrons. The maximum Gasteiger partial charge on any atom is 0.338 e. The highest BCUT2D eigenvalue weighted by molar-refractivity contribution is 7.07. The number of nitro benzene ring substituents is 1. The van der Waals surface area contributed by atoms with Crippen molar-refractivity contribution in [3.8, 4) is 17.1 Å². The summed E-state index contributed by atoms with van der Waals surface area (Å²) in [5.74, 6) is 0.591. The van der Waals surface area contributed by atoms with E-state index in [1.54, 1.807) is 32.1 Å². The van der Waals surface area contributed by atoms with Gasteiger partial charge in [0.25, 0.3) is 11.2 Å². The molecule has 0 aliphatic carbocycles. The van der Waals surface area contributed by atoms with E-state index in [0.29, 0.717) is 43.4 Å². The van der Waals surface area contributed by atoms with Gasteiger partial charge in [0.2, 0.25) is 0 Å². The second-order valence-corrected chi connectivity index (χ2v) is 9.57. The molecule has 0 fully saturated rings. The number of rotatable bonds is 7. The summed E-state index contributed by atoms with van der Waals surface area (Å²) >= 11 is 1.17. The number of ether oxygens (including phenoxy) is 2. The van der Waals surface area contributed by atoms with Crippen molar-refractivity contribution in [2.45, 2.75) is 19.9 Å². The molecule has 2 aromatic heterocycles. The van der Waals surface area contributed by atoms with E-state index in [4.69, 9.17) is 13.9 Å². The topological polar surface area (TPSA) is 126 Å². The molecule has 5 rings (SSSR count). The number of methoxy groups -OCH3 is 1. The van der Waals surface area contributed by atoms with Crippen LogP contribution in [0.2, 0.25) is 0 Å². The quantitative estimate of drug-likeness (QED) is 0.195. The van der Waals surface area contributed by atoms with Gasteiger partial charge in [0.05, 0.1) is 46.0 Å². The number of thiazole rings is 1. The highest BCUT2D eigenvalue weighted by atomic mass is 32.1. The molecule has 2 aromatic carbocycles. The molecular formula is C28H23N3O7S. The first-order chi connectivity index (χ1) is 18.8. The molecule has 0 saturated carbocycles. The van der Waals surface area contributed by atoms with Gasteiger partial charge in [0.1, 0.15) is 17.3 Å². The summed E-state index contributed by atoms with van der Waals surface area (Å²) < 4.78 is 18.4. The Labute approximate surface area is 225 Å². The third-order valence-electron chi connectivity index (χ3n) is 6.19. The van der Waals surface area contributed by atoms with Crippen LogP contribution in [0.4, 0.5) is 5.69 Å². The van der Waals surface area contributed by atoms with Crippen LogP contribution >= 0.6 is 11.3 Å². The van der Waals surface area contributed by atoms with Crippen LogP contribution in [0.25, 0.3) is 17.4 Å². The third-order valence-corrected chi connectivity index (χ3v) is 7.17. The molecule has 4 aromatic rings. The molecule has 0 saturated heterocycles. The number of non-ortho nitro benzene ring substituents is 1. The van der Waals surface area contributed by atoms with Crippen LogP contribution in [0.15, 0.2) is 86.1 Å². The fourth-order valence-electron chi connectivity index (χ4n) is 4.45. The SMILES string of the molecule is CCOC(=O)C1=C(C)N=c2sc(=Cc3ccc(-c4cc([N+](=O)[O-])ccc4OC)o3)c(=O)n2[C@H]1c1ccccc1. The minimum absolute atomic E-state index is 0.106. The molecule has 1 aliphatic heterocycles.